The molecule has 0 saturated carbocycles. The molecule has 5 nitrogen and oxygen atoms in total. The average Bonchev–Trinajstić information content (AvgIpc) is 2.64. The number of rotatable bonds is 2. The highest BCUT2D eigenvalue weighted by atomic mass is 32.1. The van der Waals surface area contributed by atoms with Crippen LogP contribution in [0.15, 0.2) is 18.2 Å². The molecule has 2 aromatic rings. The van der Waals surface area contributed by atoms with E-state index in [1.165, 1.54) is 0 Å². The third-order valence-corrected chi connectivity index (χ3v) is 3.73. The number of carbonyl (C=O) groups excluding carboxylic acids is 1. The lowest BCUT2D eigenvalue weighted by Gasteiger charge is -2.19. The highest BCUT2D eigenvalue weighted by molar-refractivity contribution is 7.21. The Kier molecular flexibility index (Phi) is 3.43. The van der Waals surface area contributed by atoms with Crippen LogP contribution in [-0.4, -0.2) is 22.6 Å². The minimum Gasteiger partial charge on any atom is -0.477 e. The van der Waals surface area contributed by atoms with Gasteiger partial charge in [-0.05, 0) is 39.0 Å². The number of nitrogen functional groups attached to an aromatic ring is 1. The van der Waals surface area contributed by atoms with Crippen molar-refractivity contribution in [1.82, 2.24) is 0 Å². The van der Waals surface area contributed by atoms with Crippen molar-refractivity contribution in [3.05, 3.63) is 28.6 Å². The van der Waals surface area contributed by atoms with E-state index in [0.717, 1.165) is 16.0 Å². The first kappa shape index (κ1) is 14.3. The number of anilines is 1. The van der Waals surface area contributed by atoms with Gasteiger partial charge in [-0.3, -0.25) is 0 Å². The van der Waals surface area contributed by atoms with Crippen LogP contribution in [0.25, 0.3) is 10.1 Å². The Bertz CT molecular complexity index is 697. The molecule has 0 fully saturated rings. The van der Waals surface area contributed by atoms with Gasteiger partial charge < -0.3 is 15.6 Å². The number of carboxylic acid groups (broad SMARTS) is 1. The van der Waals surface area contributed by atoms with Crippen molar-refractivity contribution in [3.8, 4) is 0 Å². The molecule has 6 heteroatoms. The topological polar surface area (TPSA) is 89.6 Å². The van der Waals surface area contributed by atoms with Gasteiger partial charge in [0.15, 0.2) is 0 Å². The van der Waals surface area contributed by atoms with Gasteiger partial charge in [0.25, 0.3) is 0 Å². The predicted octanol–water partition coefficient (Wildman–Crippen LogP) is 3.14. The maximum atomic E-state index is 12.0. The summed E-state index contributed by atoms with van der Waals surface area (Å²) in [6, 6.07) is 4.86. The Balaban J connectivity index is 2.46. The van der Waals surface area contributed by atoms with E-state index in [1.54, 1.807) is 39.0 Å². The molecule has 106 valence electrons. The second-order valence-corrected chi connectivity index (χ2v) is 6.42. The number of carboxylic acids is 1. The molecule has 0 saturated heterocycles. The normalized spacial score (nSPS) is 11.6. The smallest absolute Gasteiger partial charge is 0.348 e. The number of thiophene rings is 1. The van der Waals surface area contributed by atoms with Crippen LogP contribution < -0.4 is 5.73 Å². The van der Waals surface area contributed by atoms with E-state index in [4.69, 9.17) is 15.6 Å². The summed E-state index contributed by atoms with van der Waals surface area (Å²) in [4.78, 5) is 23.1. The Hall–Kier alpha value is -2.08. The maximum absolute atomic E-state index is 12.0. The molecule has 0 amide bonds. The van der Waals surface area contributed by atoms with Crippen LogP contribution in [0.5, 0.6) is 0 Å². The molecule has 0 spiro atoms. The molecule has 0 aliphatic carbocycles. The first-order chi connectivity index (χ1) is 9.19. The Labute approximate surface area is 120 Å². The molecule has 2 rings (SSSR count). The maximum Gasteiger partial charge on any atom is 0.348 e. The van der Waals surface area contributed by atoms with Crippen LogP contribution in [0.4, 0.5) is 5.69 Å². The minimum absolute atomic E-state index is 0.0846. The lowest BCUT2D eigenvalue weighted by atomic mass is 10.1. The van der Waals surface area contributed by atoms with Gasteiger partial charge in [0, 0.05) is 10.1 Å². The Morgan fingerprint density at radius 2 is 1.95 bits per heavy atom. The molecule has 0 aliphatic rings. The van der Waals surface area contributed by atoms with Gasteiger partial charge in [0.1, 0.15) is 10.5 Å². The van der Waals surface area contributed by atoms with Gasteiger partial charge in [-0.15, -0.1) is 11.3 Å². The second-order valence-electron chi connectivity index (χ2n) is 5.36. The molecular formula is C14H15NO4S. The van der Waals surface area contributed by atoms with Crippen molar-refractivity contribution in [2.75, 3.05) is 5.73 Å². The predicted molar refractivity (Wildman–Crippen MR) is 78.4 cm³/mol. The van der Waals surface area contributed by atoms with E-state index < -0.39 is 17.5 Å². The summed E-state index contributed by atoms with van der Waals surface area (Å²) >= 11 is 1.09. The van der Waals surface area contributed by atoms with Crippen molar-refractivity contribution in [2.45, 2.75) is 26.4 Å². The molecule has 1 aromatic carbocycles. The number of esters is 1. The molecule has 0 aliphatic heterocycles. The average molecular weight is 293 g/mol. The second kappa shape index (κ2) is 4.79. The monoisotopic (exact) mass is 293 g/mol. The zero-order chi connectivity index (χ0) is 15.1. The number of carbonyl (C=O) groups is 2. The lowest BCUT2D eigenvalue weighted by Crippen LogP contribution is -2.23. The van der Waals surface area contributed by atoms with Gasteiger partial charge in [-0.2, -0.15) is 0 Å². The first-order valence-corrected chi connectivity index (χ1v) is 6.79. The molecule has 1 heterocycles. The van der Waals surface area contributed by atoms with E-state index in [-0.39, 0.29) is 10.6 Å². The summed E-state index contributed by atoms with van der Waals surface area (Å²) in [5.41, 5.74) is 5.77. The fourth-order valence-corrected chi connectivity index (χ4v) is 2.68. The molecule has 20 heavy (non-hydrogen) atoms. The summed E-state index contributed by atoms with van der Waals surface area (Å²) in [5.74, 6) is -1.52. The summed E-state index contributed by atoms with van der Waals surface area (Å²) in [6.45, 7) is 5.35. The van der Waals surface area contributed by atoms with E-state index in [2.05, 4.69) is 0 Å². The SMILES string of the molecule is CC(C)(C)OC(=O)c1ccc2sc(C(=O)O)c(N)c2c1. The van der Waals surface area contributed by atoms with Crippen molar-refractivity contribution in [1.29, 1.82) is 0 Å². The molecule has 0 atom stereocenters. The van der Waals surface area contributed by atoms with Crippen molar-refractivity contribution in [3.63, 3.8) is 0 Å². The zero-order valence-electron chi connectivity index (χ0n) is 11.4. The largest absolute Gasteiger partial charge is 0.477 e. The number of fused-ring (bicyclic) bond motifs is 1. The highest BCUT2D eigenvalue weighted by Gasteiger charge is 2.20. The lowest BCUT2D eigenvalue weighted by molar-refractivity contribution is 0.00695. The van der Waals surface area contributed by atoms with Gasteiger partial charge in [0.2, 0.25) is 0 Å². The fraction of sp³-hybridized carbons (Fsp3) is 0.286. The fourth-order valence-electron chi connectivity index (χ4n) is 1.74. The molecule has 0 bridgehead atoms. The number of hydrogen-bond donors (Lipinski definition) is 2. The van der Waals surface area contributed by atoms with Gasteiger partial charge in [-0.25, -0.2) is 9.59 Å². The molecule has 1 aromatic heterocycles. The summed E-state index contributed by atoms with van der Waals surface area (Å²) in [6.07, 6.45) is 0. The summed E-state index contributed by atoms with van der Waals surface area (Å²) < 4.78 is 6.00. The van der Waals surface area contributed by atoms with Crippen molar-refractivity contribution >= 4 is 39.0 Å². The quantitative estimate of drug-likeness (QED) is 0.830. The number of hydrogen-bond acceptors (Lipinski definition) is 5. The Morgan fingerprint density at radius 1 is 1.30 bits per heavy atom. The number of nitrogens with two attached hydrogens (primary N) is 1. The van der Waals surface area contributed by atoms with Crippen LogP contribution in [0, 0.1) is 0 Å². The van der Waals surface area contributed by atoms with Crippen LogP contribution in [0.1, 0.15) is 40.8 Å². The zero-order valence-corrected chi connectivity index (χ0v) is 12.2. The minimum atomic E-state index is -1.07. The molecular weight excluding hydrogens is 278 g/mol. The van der Waals surface area contributed by atoms with E-state index in [9.17, 15) is 9.59 Å². The number of benzene rings is 1. The van der Waals surface area contributed by atoms with Gasteiger partial charge in [0.05, 0.1) is 11.3 Å². The summed E-state index contributed by atoms with van der Waals surface area (Å²) in [5, 5.41) is 9.60. The highest BCUT2D eigenvalue weighted by Crippen LogP contribution is 2.34. The number of aromatic carboxylic acids is 1. The van der Waals surface area contributed by atoms with Crippen LogP contribution in [0.2, 0.25) is 0 Å². The van der Waals surface area contributed by atoms with E-state index in [1.807, 2.05) is 0 Å². The van der Waals surface area contributed by atoms with Crippen molar-refractivity contribution < 1.29 is 19.4 Å². The number of ether oxygens (including phenoxy) is 1. The summed E-state index contributed by atoms with van der Waals surface area (Å²) in [7, 11) is 0. The van der Waals surface area contributed by atoms with Crippen LogP contribution in [0.3, 0.4) is 0 Å². The van der Waals surface area contributed by atoms with Gasteiger partial charge >= 0.3 is 11.9 Å². The molecule has 3 N–H and O–H groups in total. The van der Waals surface area contributed by atoms with Gasteiger partial charge in [-0.1, -0.05) is 0 Å². The third-order valence-electron chi connectivity index (χ3n) is 2.56. The standard InChI is InChI=1S/C14H15NO4S/c1-14(2,3)19-13(18)7-4-5-9-8(6-7)10(15)11(20-9)12(16)17/h4-6H,15H2,1-3H3,(H,16,17). The molecule has 0 unspecified atom stereocenters. The van der Waals surface area contributed by atoms with Crippen LogP contribution >= 0.6 is 11.3 Å². The van der Waals surface area contributed by atoms with E-state index in [0.29, 0.717) is 10.9 Å². The molecule has 0 radical (unpaired) electrons. The van der Waals surface area contributed by atoms with Crippen molar-refractivity contribution in [2.24, 2.45) is 0 Å². The van der Waals surface area contributed by atoms with Crippen LogP contribution in [-0.2, 0) is 4.74 Å². The Morgan fingerprint density at radius 3 is 2.50 bits per heavy atom. The first-order valence-electron chi connectivity index (χ1n) is 5.98. The third kappa shape index (κ3) is 2.75. The van der Waals surface area contributed by atoms with E-state index >= 15 is 0 Å².